The molecule has 10 nitrogen and oxygen atoms in total. The summed E-state index contributed by atoms with van der Waals surface area (Å²) in [6, 6.07) is 5.42. The number of imidazole rings is 1. The zero-order valence-corrected chi connectivity index (χ0v) is 19.9. The first kappa shape index (κ1) is 24.8. The lowest BCUT2D eigenvalue weighted by Gasteiger charge is -2.18. The van der Waals surface area contributed by atoms with Crippen molar-refractivity contribution in [1.29, 1.82) is 0 Å². The minimum atomic E-state index is -0.363. The number of methoxy groups -OCH3 is 1. The predicted molar refractivity (Wildman–Crippen MR) is 133 cm³/mol. The van der Waals surface area contributed by atoms with Gasteiger partial charge >= 0.3 is 0 Å². The van der Waals surface area contributed by atoms with Crippen LogP contribution >= 0.6 is 0 Å². The Morgan fingerprint density at radius 1 is 1.18 bits per heavy atom. The Morgan fingerprint density at radius 2 is 1.91 bits per heavy atom. The summed E-state index contributed by atoms with van der Waals surface area (Å²) < 4.78 is 7.09. The zero-order chi connectivity index (χ0) is 24.5. The Hall–Kier alpha value is -3.79. The highest BCUT2D eigenvalue weighted by molar-refractivity contribution is 6.04. The third kappa shape index (κ3) is 5.96. The van der Waals surface area contributed by atoms with Crippen LogP contribution in [0.4, 0.5) is 17.6 Å². The van der Waals surface area contributed by atoms with E-state index in [4.69, 9.17) is 4.74 Å². The lowest BCUT2D eigenvalue weighted by atomic mass is 10.2. The van der Waals surface area contributed by atoms with E-state index in [0.29, 0.717) is 54.7 Å². The van der Waals surface area contributed by atoms with Gasteiger partial charge in [0.05, 0.1) is 23.2 Å². The standard InChI is InChI=1S/C24H31N7O3/c1-5-8-9-21(32)27-18-10-11-19-20(14-18)31(12-13-34-4)24(28-19)29-22(33)17-15-25-23(26-16-17)30(6-2)7-3/h5,10-11,14-16H,1,6-9,12-13H2,2-4H3,(H,27,32)(H,28,29,33). The van der Waals surface area contributed by atoms with Gasteiger partial charge in [-0.1, -0.05) is 6.08 Å². The van der Waals surface area contributed by atoms with Gasteiger partial charge in [0.15, 0.2) is 0 Å². The van der Waals surface area contributed by atoms with E-state index in [2.05, 4.69) is 32.2 Å². The van der Waals surface area contributed by atoms with Gasteiger partial charge in [-0.15, -0.1) is 6.58 Å². The third-order valence-electron chi connectivity index (χ3n) is 5.30. The van der Waals surface area contributed by atoms with Gasteiger partial charge < -0.3 is 19.5 Å². The molecule has 0 aliphatic rings. The third-order valence-corrected chi connectivity index (χ3v) is 5.30. The maximum absolute atomic E-state index is 12.9. The second-order valence-electron chi connectivity index (χ2n) is 7.56. The number of anilines is 3. The van der Waals surface area contributed by atoms with Gasteiger partial charge in [-0.3, -0.25) is 14.9 Å². The van der Waals surface area contributed by atoms with Crippen LogP contribution < -0.4 is 15.5 Å². The van der Waals surface area contributed by atoms with E-state index in [-0.39, 0.29) is 11.8 Å². The number of benzene rings is 1. The number of nitrogens with zero attached hydrogens (tertiary/aromatic N) is 5. The van der Waals surface area contributed by atoms with E-state index < -0.39 is 0 Å². The van der Waals surface area contributed by atoms with Crippen molar-refractivity contribution in [3.05, 3.63) is 48.8 Å². The average Bonchev–Trinajstić information content (AvgIpc) is 3.18. The van der Waals surface area contributed by atoms with E-state index in [1.54, 1.807) is 25.3 Å². The highest BCUT2D eigenvalue weighted by Gasteiger charge is 2.17. The summed E-state index contributed by atoms with van der Waals surface area (Å²) in [5.74, 6) is 0.499. The molecule has 0 radical (unpaired) electrons. The number of hydrogen-bond acceptors (Lipinski definition) is 7. The van der Waals surface area contributed by atoms with Crippen molar-refractivity contribution >= 4 is 40.4 Å². The number of nitrogens with one attached hydrogen (secondary N) is 2. The topological polar surface area (TPSA) is 114 Å². The lowest BCUT2D eigenvalue weighted by molar-refractivity contribution is -0.116. The molecule has 34 heavy (non-hydrogen) atoms. The van der Waals surface area contributed by atoms with Gasteiger partial charge in [-0.2, -0.15) is 0 Å². The maximum atomic E-state index is 12.9. The highest BCUT2D eigenvalue weighted by Crippen LogP contribution is 2.24. The van der Waals surface area contributed by atoms with Gasteiger partial charge in [0.1, 0.15) is 0 Å². The number of amides is 2. The normalized spacial score (nSPS) is 10.8. The maximum Gasteiger partial charge on any atom is 0.261 e. The van der Waals surface area contributed by atoms with Gasteiger partial charge in [0.25, 0.3) is 5.91 Å². The molecule has 0 fully saturated rings. The predicted octanol–water partition coefficient (Wildman–Crippen LogP) is 3.48. The molecular weight excluding hydrogens is 434 g/mol. The van der Waals surface area contributed by atoms with E-state index >= 15 is 0 Å². The Bertz CT molecular complexity index is 1140. The van der Waals surface area contributed by atoms with Crippen molar-refractivity contribution in [3.63, 3.8) is 0 Å². The molecule has 0 saturated heterocycles. The molecule has 180 valence electrons. The molecule has 2 amide bonds. The highest BCUT2D eigenvalue weighted by atomic mass is 16.5. The molecule has 0 unspecified atom stereocenters. The van der Waals surface area contributed by atoms with Crippen molar-refractivity contribution in [2.75, 3.05) is 42.3 Å². The van der Waals surface area contributed by atoms with E-state index in [1.165, 1.54) is 12.4 Å². The molecule has 0 atom stereocenters. The smallest absolute Gasteiger partial charge is 0.261 e. The Balaban J connectivity index is 1.85. The van der Waals surface area contributed by atoms with Crippen LogP contribution in [-0.4, -0.2) is 58.1 Å². The zero-order valence-electron chi connectivity index (χ0n) is 19.9. The number of ether oxygens (including phenoxy) is 1. The van der Waals surface area contributed by atoms with Crippen LogP contribution in [0, 0.1) is 0 Å². The summed E-state index contributed by atoms with van der Waals surface area (Å²) in [5.41, 5.74) is 2.43. The molecule has 10 heteroatoms. The summed E-state index contributed by atoms with van der Waals surface area (Å²) in [6.45, 7) is 10.1. The number of aromatic nitrogens is 4. The number of allylic oxidation sites excluding steroid dienone is 1. The molecule has 1 aromatic carbocycles. The monoisotopic (exact) mass is 465 g/mol. The van der Waals surface area contributed by atoms with Crippen LogP contribution in [0.2, 0.25) is 0 Å². The number of fused-ring (bicyclic) bond motifs is 1. The Kier molecular flexibility index (Phi) is 8.69. The summed E-state index contributed by atoms with van der Waals surface area (Å²) in [6.07, 6.45) is 5.69. The van der Waals surface area contributed by atoms with Crippen molar-refractivity contribution in [3.8, 4) is 0 Å². The summed E-state index contributed by atoms with van der Waals surface area (Å²) in [7, 11) is 1.61. The lowest BCUT2D eigenvalue weighted by Crippen LogP contribution is -2.24. The van der Waals surface area contributed by atoms with Crippen molar-refractivity contribution in [1.82, 2.24) is 19.5 Å². The first-order valence-electron chi connectivity index (χ1n) is 11.3. The van der Waals surface area contributed by atoms with Crippen molar-refractivity contribution in [2.24, 2.45) is 0 Å². The quantitative estimate of drug-likeness (QED) is 0.394. The molecular formula is C24H31N7O3. The SMILES string of the molecule is C=CCCC(=O)Nc1ccc2nc(NC(=O)c3cnc(N(CC)CC)nc3)n(CCOC)c2c1. The molecule has 2 N–H and O–H groups in total. The first-order valence-corrected chi connectivity index (χ1v) is 11.3. The van der Waals surface area contributed by atoms with Crippen LogP contribution in [-0.2, 0) is 16.1 Å². The van der Waals surface area contributed by atoms with Crippen LogP contribution in [0.15, 0.2) is 43.2 Å². The molecule has 3 aromatic rings. The van der Waals surface area contributed by atoms with Crippen molar-refractivity contribution < 1.29 is 14.3 Å². The first-order chi connectivity index (χ1) is 16.5. The molecule has 0 bridgehead atoms. The number of carbonyl (C=O) groups excluding carboxylic acids is 2. The van der Waals surface area contributed by atoms with Gasteiger partial charge in [-0.25, -0.2) is 15.0 Å². The number of hydrogen-bond donors (Lipinski definition) is 2. The fraction of sp³-hybridized carbons (Fsp3) is 0.375. The molecule has 2 heterocycles. The van der Waals surface area contributed by atoms with E-state index in [9.17, 15) is 9.59 Å². The largest absolute Gasteiger partial charge is 0.383 e. The number of rotatable bonds is 12. The molecule has 0 aliphatic heterocycles. The molecule has 3 rings (SSSR count). The van der Waals surface area contributed by atoms with E-state index in [0.717, 1.165) is 18.6 Å². The Labute approximate surface area is 199 Å². The van der Waals surface area contributed by atoms with Gasteiger partial charge in [0, 0.05) is 51.2 Å². The molecule has 2 aromatic heterocycles. The summed E-state index contributed by atoms with van der Waals surface area (Å²) in [5, 5.41) is 5.74. The van der Waals surface area contributed by atoms with Crippen LogP contribution in [0.25, 0.3) is 11.0 Å². The minimum absolute atomic E-state index is 0.0936. The van der Waals surface area contributed by atoms with Gasteiger partial charge in [0.2, 0.25) is 17.8 Å². The van der Waals surface area contributed by atoms with Crippen LogP contribution in [0.5, 0.6) is 0 Å². The second-order valence-corrected chi connectivity index (χ2v) is 7.56. The van der Waals surface area contributed by atoms with Crippen LogP contribution in [0.1, 0.15) is 37.0 Å². The van der Waals surface area contributed by atoms with Crippen LogP contribution in [0.3, 0.4) is 0 Å². The fourth-order valence-corrected chi connectivity index (χ4v) is 3.44. The number of carbonyl (C=O) groups is 2. The average molecular weight is 466 g/mol. The van der Waals surface area contributed by atoms with E-state index in [1.807, 2.05) is 29.4 Å². The minimum Gasteiger partial charge on any atom is -0.383 e. The summed E-state index contributed by atoms with van der Waals surface area (Å²) >= 11 is 0. The molecule has 0 aliphatic carbocycles. The molecule has 0 saturated carbocycles. The van der Waals surface area contributed by atoms with Gasteiger partial charge in [-0.05, 0) is 38.5 Å². The second kappa shape index (κ2) is 11.9. The fourth-order valence-electron chi connectivity index (χ4n) is 3.44. The Morgan fingerprint density at radius 3 is 2.56 bits per heavy atom. The molecule has 0 spiro atoms. The van der Waals surface area contributed by atoms with Crippen molar-refractivity contribution in [2.45, 2.75) is 33.2 Å². The summed E-state index contributed by atoms with van der Waals surface area (Å²) in [4.78, 5) is 40.2.